The van der Waals surface area contributed by atoms with E-state index in [1.807, 2.05) is 18.2 Å². The number of nitrogens with two attached hydrogens (primary N) is 1. The highest BCUT2D eigenvalue weighted by molar-refractivity contribution is 5.62. The van der Waals surface area contributed by atoms with Crippen LogP contribution in [0.3, 0.4) is 0 Å². The maximum absolute atomic E-state index is 5.55. The smallest absolute Gasteiger partial charge is 0.222 e. The molecule has 19 heavy (non-hydrogen) atoms. The molecule has 0 aliphatic carbocycles. The van der Waals surface area contributed by atoms with E-state index in [4.69, 9.17) is 10.3 Å². The van der Waals surface area contributed by atoms with Crippen molar-refractivity contribution in [3.63, 3.8) is 0 Å². The Labute approximate surface area is 111 Å². The molecule has 0 bridgehead atoms. The van der Waals surface area contributed by atoms with Gasteiger partial charge in [-0.1, -0.05) is 53.7 Å². The Morgan fingerprint density at radius 3 is 2.42 bits per heavy atom. The normalized spacial score (nSPS) is 10.5. The van der Waals surface area contributed by atoms with Gasteiger partial charge < -0.3 is 10.3 Å². The molecule has 0 fully saturated rings. The van der Waals surface area contributed by atoms with Crippen molar-refractivity contribution >= 4 is 5.88 Å². The molecule has 0 unspecified atom stereocenters. The topological polar surface area (TPSA) is 52.0 Å². The Balaban J connectivity index is 1.88. The van der Waals surface area contributed by atoms with E-state index < -0.39 is 0 Å². The van der Waals surface area contributed by atoms with Gasteiger partial charge in [0.15, 0.2) is 0 Å². The van der Waals surface area contributed by atoms with Gasteiger partial charge in [-0.3, -0.25) is 0 Å². The molecule has 0 saturated carbocycles. The number of aromatic nitrogens is 1. The van der Waals surface area contributed by atoms with E-state index in [0.717, 1.165) is 17.7 Å². The maximum Gasteiger partial charge on any atom is 0.222 e. The summed E-state index contributed by atoms with van der Waals surface area (Å²) >= 11 is 0. The van der Waals surface area contributed by atoms with Crippen LogP contribution in [0.2, 0.25) is 0 Å². The molecule has 1 aromatic heterocycles. The molecule has 0 radical (unpaired) electrons. The Hall–Kier alpha value is -2.55. The summed E-state index contributed by atoms with van der Waals surface area (Å²) < 4.78 is 4.90. The second-order valence-corrected chi connectivity index (χ2v) is 4.48. The minimum Gasteiger partial charge on any atom is -0.368 e. The summed E-state index contributed by atoms with van der Waals surface area (Å²) in [7, 11) is 0. The Kier molecular flexibility index (Phi) is 3.02. The molecule has 3 nitrogen and oxygen atoms in total. The molecule has 3 rings (SSSR count). The number of benzene rings is 2. The number of nitrogen functional groups attached to an aromatic ring is 1. The van der Waals surface area contributed by atoms with E-state index in [0.29, 0.717) is 5.88 Å². The molecule has 3 aromatic rings. The van der Waals surface area contributed by atoms with Crippen LogP contribution in [0.5, 0.6) is 0 Å². The van der Waals surface area contributed by atoms with Crippen LogP contribution >= 0.6 is 0 Å². The van der Waals surface area contributed by atoms with Crippen molar-refractivity contribution in [2.45, 2.75) is 6.42 Å². The monoisotopic (exact) mass is 250 g/mol. The molecular weight excluding hydrogens is 236 g/mol. The van der Waals surface area contributed by atoms with E-state index in [-0.39, 0.29) is 0 Å². The fourth-order valence-electron chi connectivity index (χ4n) is 2.10. The van der Waals surface area contributed by atoms with Crippen molar-refractivity contribution in [1.29, 1.82) is 0 Å². The van der Waals surface area contributed by atoms with Crippen molar-refractivity contribution < 1.29 is 4.52 Å². The maximum atomic E-state index is 5.55. The largest absolute Gasteiger partial charge is 0.368 e. The zero-order valence-electron chi connectivity index (χ0n) is 10.4. The minimum atomic E-state index is 0.337. The first-order valence-corrected chi connectivity index (χ1v) is 6.17. The SMILES string of the molecule is Nc1cc(-c2cccc(Cc3ccccc3)c2)no1. The second-order valence-electron chi connectivity index (χ2n) is 4.48. The highest BCUT2D eigenvalue weighted by Crippen LogP contribution is 2.22. The highest BCUT2D eigenvalue weighted by Gasteiger charge is 2.05. The van der Waals surface area contributed by atoms with Crippen molar-refractivity contribution in [3.8, 4) is 11.3 Å². The first-order chi connectivity index (χ1) is 9.31. The molecule has 1 heterocycles. The molecule has 94 valence electrons. The van der Waals surface area contributed by atoms with Crippen molar-refractivity contribution in [2.75, 3.05) is 5.73 Å². The summed E-state index contributed by atoms with van der Waals surface area (Å²) in [5, 5.41) is 3.93. The van der Waals surface area contributed by atoms with Gasteiger partial charge in [0.2, 0.25) is 5.88 Å². The Morgan fingerprint density at radius 1 is 0.895 bits per heavy atom. The van der Waals surface area contributed by atoms with Crippen LogP contribution in [0.1, 0.15) is 11.1 Å². The average Bonchev–Trinajstić information content (AvgIpc) is 2.87. The van der Waals surface area contributed by atoms with Crippen molar-refractivity contribution in [3.05, 3.63) is 71.8 Å². The molecule has 0 amide bonds. The van der Waals surface area contributed by atoms with E-state index in [2.05, 4.69) is 41.6 Å². The molecule has 0 spiro atoms. The molecule has 3 heteroatoms. The summed E-state index contributed by atoms with van der Waals surface area (Å²) in [6.07, 6.45) is 0.905. The van der Waals surface area contributed by atoms with Gasteiger partial charge >= 0.3 is 0 Å². The van der Waals surface area contributed by atoms with Crippen LogP contribution in [0.15, 0.2) is 65.2 Å². The van der Waals surface area contributed by atoms with Gasteiger partial charge in [0, 0.05) is 11.6 Å². The van der Waals surface area contributed by atoms with Crippen LogP contribution in [0.25, 0.3) is 11.3 Å². The zero-order valence-corrected chi connectivity index (χ0v) is 10.4. The van der Waals surface area contributed by atoms with Gasteiger partial charge in [0.25, 0.3) is 0 Å². The van der Waals surface area contributed by atoms with Crippen LogP contribution in [0, 0.1) is 0 Å². The van der Waals surface area contributed by atoms with Gasteiger partial charge in [-0.2, -0.15) is 0 Å². The molecule has 0 atom stereocenters. The Morgan fingerprint density at radius 2 is 1.68 bits per heavy atom. The number of hydrogen-bond donors (Lipinski definition) is 1. The minimum absolute atomic E-state index is 0.337. The summed E-state index contributed by atoms with van der Waals surface area (Å²) in [5.74, 6) is 0.337. The average molecular weight is 250 g/mol. The van der Waals surface area contributed by atoms with Gasteiger partial charge in [-0.25, -0.2) is 0 Å². The summed E-state index contributed by atoms with van der Waals surface area (Å²) in [6.45, 7) is 0. The number of rotatable bonds is 3. The number of anilines is 1. The quantitative estimate of drug-likeness (QED) is 0.773. The zero-order chi connectivity index (χ0) is 13.1. The fourth-order valence-corrected chi connectivity index (χ4v) is 2.10. The van der Waals surface area contributed by atoms with Gasteiger partial charge in [0.1, 0.15) is 5.69 Å². The van der Waals surface area contributed by atoms with Crippen LogP contribution in [0.4, 0.5) is 5.88 Å². The third kappa shape index (κ3) is 2.65. The van der Waals surface area contributed by atoms with Gasteiger partial charge in [-0.15, -0.1) is 0 Å². The standard InChI is InChI=1S/C16H14N2O/c17-16-11-15(18-19-16)14-8-4-7-13(10-14)9-12-5-2-1-3-6-12/h1-8,10-11H,9,17H2. The first-order valence-electron chi connectivity index (χ1n) is 6.17. The molecule has 0 saturated heterocycles. The second kappa shape index (κ2) is 4.98. The lowest BCUT2D eigenvalue weighted by Crippen LogP contribution is -1.88. The van der Waals surface area contributed by atoms with Crippen molar-refractivity contribution in [2.24, 2.45) is 0 Å². The Bertz CT molecular complexity index is 674. The third-order valence-electron chi connectivity index (χ3n) is 3.00. The highest BCUT2D eigenvalue weighted by atomic mass is 16.5. The molecule has 0 aliphatic heterocycles. The first kappa shape index (κ1) is 11.5. The van der Waals surface area contributed by atoms with Crippen LogP contribution < -0.4 is 5.73 Å². The lowest BCUT2D eigenvalue weighted by molar-refractivity contribution is 0.439. The summed E-state index contributed by atoms with van der Waals surface area (Å²) in [4.78, 5) is 0. The van der Waals surface area contributed by atoms with E-state index in [1.165, 1.54) is 11.1 Å². The van der Waals surface area contributed by atoms with Gasteiger partial charge in [0.05, 0.1) is 0 Å². The lowest BCUT2D eigenvalue weighted by Gasteiger charge is -2.03. The predicted molar refractivity (Wildman–Crippen MR) is 75.6 cm³/mol. The van der Waals surface area contributed by atoms with E-state index in [9.17, 15) is 0 Å². The predicted octanol–water partition coefficient (Wildman–Crippen LogP) is 3.51. The summed E-state index contributed by atoms with van der Waals surface area (Å²) in [6, 6.07) is 20.4. The van der Waals surface area contributed by atoms with Crippen LogP contribution in [-0.2, 0) is 6.42 Å². The molecule has 2 N–H and O–H groups in total. The lowest BCUT2D eigenvalue weighted by atomic mass is 10.0. The molecule has 0 aliphatic rings. The van der Waals surface area contributed by atoms with Gasteiger partial charge in [-0.05, 0) is 23.6 Å². The number of nitrogens with zero attached hydrogens (tertiary/aromatic N) is 1. The molecular formula is C16H14N2O. The van der Waals surface area contributed by atoms with Crippen molar-refractivity contribution in [1.82, 2.24) is 5.16 Å². The fraction of sp³-hybridized carbons (Fsp3) is 0.0625. The van der Waals surface area contributed by atoms with E-state index in [1.54, 1.807) is 6.07 Å². The third-order valence-corrected chi connectivity index (χ3v) is 3.00. The van der Waals surface area contributed by atoms with Crippen LogP contribution in [-0.4, -0.2) is 5.16 Å². The summed E-state index contributed by atoms with van der Waals surface area (Å²) in [5.41, 5.74) is 9.87. The van der Waals surface area contributed by atoms with E-state index >= 15 is 0 Å². The number of hydrogen-bond acceptors (Lipinski definition) is 3. The molecule has 2 aromatic carbocycles.